The second-order valence-electron chi connectivity index (χ2n) is 6.26. The molecule has 7 nitrogen and oxygen atoms in total. The summed E-state index contributed by atoms with van der Waals surface area (Å²) in [5.41, 5.74) is 1.38. The van der Waals surface area contributed by atoms with E-state index < -0.39 is 0 Å². The molecule has 2 aromatic rings. The fourth-order valence-electron chi connectivity index (χ4n) is 3.14. The molecule has 1 saturated heterocycles. The molecule has 2 aromatic heterocycles. The number of hydrogen-bond donors (Lipinski definition) is 2. The first kappa shape index (κ1) is 21.6. The lowest BCUT2D eigenvalue weighted by Gasteiger charge is -2.37. The van der Waals surface area contributed by atoms with Gasteiger partial charge in [0, 0.05) is 25.3 Å². The second-order valence-corrected chi connectivity index (χ2v) is 6.26. The lowest BCUT2D eigenvalue weighted by Crippen LogP contribution is -2.47. The van der Waals surface area contributed by atoms with Gasteiger partial charge < -0.3 is 15.4 Å². The number of methoxy groups -OCH3 is 1. The van der Waals surface area contributed by atoms with Gasteiger partial charge in [0.05, 0.1) is 12.2 Å². The predicted molar refractivity (Wildman–Crippen MR) is 101 cm³/mol. The highest BCUT2D eigenvalue weighted by Gasteiger charge is 2.32. The van der Waals surface area contributed by atoms with Crippen LogP contribution < -0.4 is 10.6 Å². The predicted octanol–water partition coefficient (Wildman–Crippen LogP) is 1.63. The van der Waals surface area contributed by atoms with Gasteiger partial charge in [0.15, 0.2) is 5.65 Å². The maximum absolute atomic E-state index is 12.5. The van der Waals surface area contributed by atoms with E-state index in [0.29, 0.717) is 18.7 Å². The van der Waals surface area contributed by atoms with E-state index in [1.165, 1.54) is 0 Å². The summed E-state index contributed by atoms with van der Waals surface area (Å²) >= 11 is 0. The van der Waals surface area contributed by atoms with Gasteiger partial charge in [-0.1, -0.05) is 0 Å². The molecule has 0 radical (unpaired) electrons. The van der Waals surface area contributed by atoms with Crippen molar-refractivity contribution in [2.75, 3.05) is 33.4 Å². The SMILES string of the molecule is COCC1(CNC(=O)c2ccc3nnc(C)n3c2)CCNCC1.Cl.Cl. The van der Waals surface area contributed by atoms with E-state index in [1.807, 2.05) is 17.4 Å². The highest BCUT2D eigenvalue weighted by Crippen LogP contribution is 2.28. The minimum absolute atomic E-state index is 0. The molecule has 0 atom stereocenters. The van der Waals surface area contributed by atoms with Crippen LogP contribution in [0.5, 0.6) is 0 Å². The number of amides is 1. The van der Waals surface area contributed by atoms with Gasteiger partial charge in [0.2, 0.25) is 0 Å². The molecule has 0 bridgehead atoms. The van der Waals surface area contributed by atoms with E-state index in [1.54, 1.807) is 19.4 Å². The third kappa shape index (κ3) is 4.82. The van der Waals surface area contributed by atoms with Crippen molar-refractivity contribution < 1.29 is 9.53 Å². The van der Waals surface area contributed by atoms with Gasteiger partial charge in [-0.3, -0.25) is 9.20 Å². The standard InChI is InChI=1S/C16H23N5O2.2ClH/c1-12-19-20-14-4-3-13(9-21(12)14)15(22)18-10-16(11-23-2)5-7-17-8-6-16;;/h3-4,9,17H,5-8,10-11H2,1-2H3,(H,18,22);2*1H. The van der Waals surface area contributed by atoms with E-state index in [9.17, 15) is 4.79 Å². The summed E-state index contributed by atoms with van der Waals surface area (Å²) in [4.78, 5) is 12.5. The average Bonchev–Trinajstić information content (AvgIpc) is 2.95. The van der Waals surface area contributed by atoms with Crippen molar-refractivity contribution >= 4 is 36.4 Å². The van der Waals surface area contributed by atoms with Crippen LogP contribution in [0.25, 0.3) is 5.65 Å². The van der Waals surface area contributed by atoms with Gasteiger partial charge >= 0.3 is 0 Å². The summed E-state index contributed by atoms with van der Waals surface area (Å²) in [5.74, 6) is 0.692. The number of pyridine rings is 1. The molecule has 3 heterocycles. The molecule has 0 aromatic carbocycles. The lowest BCUT2D eigenvalue weighted by atomic mass is 9.79. The number of aryl methyl sites for hydroxylation is 1. The monoisotopic (exact) mass is 389 g/mol. The Morgan fingerprint density at radius 1 is 1.32 bits per heavy atom. The second kappa shape index (κ2) is 9.33. The molecule has 25 heavy (non-hydrogen) atoms. The largest absolute Gasteiger partial charge is 0.384 e. The smallest absolute Gasteiger partial charge is 0.252 e. The Balaban J connectivity index is 0.00000156. The molecule has 0 spiro atoms. The number of nitrogens with zero attached hydrogens (tertiary/aromatic N) is 3. The summed E-state index contributed by atoms with van der Waals surface area (Å²) in [5, 5.41) is 14.5. The summed E-state index contributed by atoms with van der Waals surface area (Å²) in [7, 11) is 1.72. The van der Waals surface area contributed by atoms with Crippen LogP contribution in [0, 0.1) is 12.3 Å². The molecule has 0 saturated carbocycles. The molecule has 140 valence electrons. The van der Waals surface area contributed by atoms with Crippen molar-refractivity contribution in [2.24, 2.45) is 5.41 Å². The molecule has 9 heteroatoms. The molecular formula is C16H25Cl2N5O2. The zero-order chi connectivity index (χ0) is 16.3. The molecule has 0 unspecified atom stereocenters. The molecule has 3 rings (SSSR count). The van der Waals surface area contributed by atoms with E-state index in [2.05, 4.69) is 20.8 Å². The molecule has 1 aliphatic rings. The first-order chi connectivity index (χ1) is 11.1. The first-order valence-electron chi connectivity index (χ1n) is 7.93. The third-order valence-corrected chi connectivity index (χ3v) is 4.57. The van der Waals surface area contributed by atoms with Crippen molar-refractivity contribution in [3.05, 3.63) is 29.7 Å². The fraction of sp³-hybridized carbons (Fsp3) is 0.562. The maximum Gasteiger partial charge on any atom is 0.252 e. The molecule has 2 N–H and O–H groups in total. The first-order valence-corrected chi connectivity index (χ1v) is 7.93. The normalized spacial score (nSPS) is 15.9. The van der Waals surface area contributed by atoms with Gasteiger partial charge in [-0.2, -0.15) is 0 Å². The minimum Gasteiger partial charge on any atom is -0.384 e. The topological polar surface area (TPSA) is 80.5 Å². The number of carbonyl (C=O) groups excluding carboxylic acids is 1. The molecule has 1 aliphatic heterocycles. The Bertz CT molecular complexity index is 695. The highest BCUT2D eigenvalue weighted by molar-refractivity contribution is 5.94. The van der Waals surface area contributed by atoms with Crippen LogP contribution in [0.1, 0.15) is 29.0 Å². The van der Waals surface area contributed by atoms with Crippen molar-refractivity contribution in [1.29, 1.82) is 0 Å². The Kier molecular flexibility index (Phi) is 8.08. The van der Waals surface area contributed by atoms with Gasteiger partial charge in [-0.05, 0) is 45.0 Å². The summed E-state index contributed by atoms with van der Waals surface area (Å²) in [6.45, 7) is 5.08. The fourth-order valence-corrected chi connectivity index (χ4v) is 3.14. The van der Waals surface area contributed by atoms with Crippen LogP contribution in [0.3, 0.4) is 0 Å². The molecule has 1 fully saturated rings. The van der Waals surface area contributed by atoms with Crippen molar-refractivity contribution in [1.82, 2.24) is 25.2 Å². The van der Waals surface area contributed by atoms with E-state index in [0.717, 1.165) is 37.4 Å². The zero-order valence-electron chi connectivity index (χ0n) is 14.4. The molecular weight excluding hydrogens is 365 g/mol. The Morgan fingerprint density at radius 2 is 2.04 bits per heavy atom. The number of nitrogens with one attached hydrogen (secondary N) is 2. The van der Waals surface area contributed by atoms with Gasteiger partial charge in [0.25, 0.3) is 5.91 Å². The van der Waals surface area contributed by atoms with Crippen LogP contribution in [-0.2, 0) is 4.74 Å². The average molecular weight is 390 g/mol. The van der Waals surface area contributed by atoms with Gasteiger partial charge in [-0.25, -0.2) is 0 Å². The minimum atomic E-state index is -0.0750. The van der Waals surface area contributed by atoms with E-state index in [4.69, 9.17) is 4.74 Å². The summed E-state index contributed by atoms with van der Waals surface area (Å²) in [6, 6.07) is 3.59. The van der Waals surface area contributed by atoms with Crippen LogP contribution in [-0.4, -0.2) is 53.9 Å². The van der Waals surface area contributed by atoms with Gasteiger partial charge in [-0.15, -0.1) is 35.0 Å². The number of aromatic nitrogens is 3. The highest BCUT2D eigenvalue weighted by atomic mass is 35.5. The number of carbonyl (C=O) groups is 1. The Hall–Kier alpha value is -1.41. The van der Waals surface area contributed by atoms with E-state index >= 15 is 0 Å². The van der Waals surface area contributed by atoms with Gasteiger partial charge in [0.1, 0.15) is 5.82 Å². The summed E-state index contributed by atoms with van der Waals surface area (Å²) in [6.07, 6.45) is 3.79. The van der Waals surface area contributed by atoms with Crippen LogP contribution in [0.2, 0.25) is 0 Å². The van der Waals surface area contributed by atoms with Crippen molar-refractivity contribution in [2.45, 2.75) is 19.8 Å². The maximum atomic E-state index is 12.5. The number of halogens is 2. The number of piperidine rings is 1. The van der Waals surface area contributed by atoms with E-state index in [-0.39, 0.29) is 36.1 Å². The number of hydrogen-bond acceptors (Lipinski definition) is 5. The van der Waals surface area contributed by atoms with Crippen molar-refractivity contribution in [3.63, 3.8) is 0 Å². The third-order valence-electron chi connectivity index (χ3n) is 4.57. The summed E-state index contributed by atoms with van der Waals surface area (Å²) < 4.78 is 7.21. The Morgan fingerprint density at radius 3 is 2.72 bits per heavy atom. The van der Waals surface area contributed by atoms with Crippen molar-refractivity contribution in [3.8, 4) is 0 Å². The quantitative estimate of drug-likeness (QED) is 0.811. The Labute approximate surface area is 159 Å². The molecule has 1 amide bonds. The number of rotatable bonds is 5. The lowest BCUT2D eigenvalue weighted by molar-refractivity contribution is 0.0511. The van der Waals surface area contributed by atoms with Crippen LogP contribution in [0.15, 0.2) is 18.3 Å². The zero-order valence-corrected chi connectivity index (χ0v) is 16.1. The molecule has 0 aliphatic carbocycles. The van der Waals surface area contributed by atoms with Crippen LogP contribution in [0.4, 0.5) is 0 Å². The number of ether oxygens (including phenoxy) is 1. The number of fused-ring (bicyclic) bond motifs is 1. The van der Waals surface area contributed by atoms with Crippen LogP contribution >= 0.6 is 24.8 Å².